The first-order chi connectivity index (χ1) is 17.6. The van der Waals surface area contributed by atoms with Crippen LogP contribution in [0.3, 0.4) is 0 Å². The second-order valence-corrected chi connectivity index (χ2v) is 8.26. The van der Waals surface area contributed by atoms with Gasteiger partial charge in [-0.05, 0) is 23.3 Å². The van der Waals surface area contributed by atoms with Crippen LogP contribution < -0.4 is 5.73 Å². The third kappa shape index (κ3) is 5.05. The van der Waals surface area contributed by atoms with Crippen LogP contribution in [0.1, 0.15) is 11.1 Å². The van der Waals surface area contributed by atoms with Crippen molar-refractivity contribution in [2.24, 2.45) is 0 Å². The maximum Gasteiger partial charge on any atom is 0.288 e. The smallest absolute Gasteiger partial charge is 0.288 e. The Labute approximate surface area is 206 Å². The van der Waals surface area contributed by atoms with E-state index in [0.717, 1.165) is 23.1 Å². The minimum Gasteiger partial charge on any atom is -0.397 e. The van der Waals surface area contributed by atoms with Gasteiger partial charge < -0.3 is 10.3 Å². The highest BCUT2D eigenvalue weighted by Gasteiger charge is 2.11. The number of nitrogens with zero attached hydrogens (tertiary/aromatic N) is 6. The van der Waals surface area contributed by atoms with Gasteiger partial charge in [-0.25, -0.2) is 14.6 Å². The van der Waals surface area contributed by atoms with Crippen molar-refractivity contribution in [2.75, 3.05) is 5.73 Å². The average Bonchev–Trinajstić information content (AvgIpc) is 3.49. The highest BCUT2D eigenvalue weighted by molar-refractivity contribution is 5.79. The summed E-state index contributed by atoms with van der Waals surface area (Å²) in [4.78, 5) is 18.7. The molecule has 0 amide bonds. The molecule has 2 aromatic carbocycles. The van der Waals surface area contributed by atoms with E-state index < -0.39 is 4.92 Å². The molecule has 9 nitrogen and oxygen atoms in total. The Balaban J connectivity index is 0.000000149. The lowest BCUT2D eigenvalue weighted by molar-refractivity contribution is -0.385. The molecule has 0 bridgehead atoms. The maximum atomic E-state index is 10.7. The number of benzene rings is 2. The molecular weight excluding hydrogens is 454 g/mol. The van der Waals surface area contributed by atoms with Crippen LogP contribution in [0, 0.1) is 10.1 Å². The van der Waals surface area contributed by atoms with Crippen LogP contribution in [-0.2, 0) is 13.1 Å². The zero-order valence-electron chi connectivity index (χ0n) is 19.3. The van der Waals surface area contributed by atoms with Crippen molar-refractivity contribution in [3.63, 3.8) is 0 Å². The van der Waals surface area contributed by atoms with Crippen molar-refractivity contribution in [1.29, 1.82) is 0 Å². The summed E-state index contributed by atoms with van der Waals surface area (Å²) in [5, 5.41) is 16.7. The molecule has 0 saturated heterocycles. The Morgan fingerprint density at radius 3 is 2.14 bits per heavy atom. The van der Waals surface area contributed by atoms with Crippen molar-refractivity contribution >= 4 is 33.4 Å². The summed E-state index contributed by atoms with van der Waals surface area (Å²) < 4.78 is 3.86. The standard InChI is InChI=1S/C14H13N3.C13H10N4O2/c15-13-8-12-6-7-17(14(12)16-9-13)10-11-4-2-1-3-5-11;18-17(19)12-6-11-7-15-16(13(11)14-8-12)9-10-4-2-1-3-5-10/h1-9H,10,15H2;1-8H,9H2. The van der Waals surface area contributed by atoms with Gasteiger partial charge in [-0.2, -0.15) is 5.10 Å². The number of anilines is 1. The van der Waals surface area contributed by atoms with Crippen molar-refractivity contribution in [3.05, 3.63) is 125 Å². The minimum absolute atomic E-state index is 0.0215. The lowest BCUT2D eigenvalue weighted by Crippen LogP contribution is -2.02. The van der Waals surface area contributed by atoms with Crippen LogP contribution in [0.4, 0.5) is 11.4 Å². The van der Waals surface area contributed by atoms with Gasteiger partial charge in [0.05, 0.1) is 29.5 Å². The first-order valence-corrected chi connectivity index (χ1v) is 11.3. The average molecular weight is 478 g/mol. The molecule has 6 rings (SSSR count). The third-order valence-electron chi connectivity index (χ3n) is 5.67. The molecule has 2 N–H and O–H groups in total. The summed E-state index contributed by atoms with van der Waals surface area (Å²) in [5.74, 6) is 0. The van der Waals surface area contributed by atoms with Crippen LogP contribution in [0.5, 0.6) is 0 Å². The van der Waals surface area contributed by atoms with Crippen LogP contribution in [0.2, 0.25) is 0 Å². The predicted octanol–water partition coefficient (Wildman–Crippen LogP) is 5.05. The summed E-state index contributed by atoms with van der Waals surface area (Å²) in [6.07, 6.45) is 6.59. The molecule has 0 unspecified atom stereocenters. The molecule has 4 aromatic heterocycles. The Kier molecular flexibility index (Phi) is 6.35. The van der Waals surface area contributed by atoms with Gasteiger partial charge in [-0.15, -0.1) is 0 Å². The molecule has 0 radical (unpaired) electrons. The first kappa shape index (κ1) is 22.7. The number of hydrogen-bond donors (Lipinski definition) is 1. The Morgan fingerprint density at radius 2 is 1.44 bits per heavy atom. The SMILES string of the molecule is Nc1cnc2c(ccn2Cc2ccccc2)c1.O=[N+]([O-])c1cnc2c(cnn2Cc2ccccc2)c1. The normalized spacial score (nSPS) is 10.8. The van der Waals surface area contributed by atoms with Crippen molar-refractivity contribution in [2.45, 2.75) is 13.1 Å². The molecular formula is C27H23N7O2. The van der Waals surface area contributed by atoms with Gasteiger partial charge in [0.1, 0.15) is 11.8 Å². The highest BCUT2D eigenvalue weighted by Crippen LogP contribution is 2.19. The molecule has 0 saturated carbocycles. The lowest BCUT2D eigenvalue weighted by atomic mass is 10.2. The first-order valence-electron chi connectivity index (χ1n) is 11.3. The van der Waals surface area contributed by atoms with Gasteiger partial charge in [-0.1, -0.05) is 60.7 Å². The number of fused-ring (bicyclic) bond motifs is 2. The number of nitrogens with two attached hydrogens (primary N) is 1. The molecule has 36 heavy (non-hydrogen) atoms. The minimum atomic E-state index is -0.457. The maximum absolute atomic E-state index is 10.7. The summed E-state index contributed by atoms with van der Waals surface area (Å²) in [5.41, 5.74) is 10.4. The predicted molar refractivity (Wildman–Crippen MR) is 139 cm³/mol. The molecule has 0 aliphatic heterocycles. The Morgan fingerprint density at radius 1 is 0.778 bits per heavy atom. The Hall–Kier alpha value is -5.05. The van der Waals surface area contributed by atoms with E-state index in [2.05, 4.69) is 31.8 Å². The zero-order valence-corrected chi connectivity index (χ0v) is 19.3. The number of hydrogen-bond acceptors (Lipinski definition) is 6. The van der Waals surface area contributed by atoms with E-state index >= 15 is 0 Å². The zero-order chi connectivity index (χ0) is 24.9. The van der Waals surface area contributed by atoms with Crippen molar-refractivity contribution in [1.82, 2.24) is 24.3 Å². The summed E-state index contributed by atoms with van der Waals surface area (Å²) >= 11 is 0. The molecule has 6 aromatic rings. The Bertz CT molecular complexity index is 1630. The van der Waals surface area contributed by atoms with Gasteiger partial charge in [-0.3, -0.25) is 10.1 Å². The fraction of sp³-hybridized carbons (Fsp3) is 0.0741. The number of aromatic nitrogens is 5. The lowest BCUT2D eigenvalue weighted by Gasteiger charge is -2.04. The van der Waals surface area contributed by atoms with Gasteiger partial charge in [0.25, 0.3) is 5.69 Å². The second-order valence-electron chi connectivity index (χ2n) is 8.26. The molecule has 178 valence electrons. The topological polar surface area (TPSA) is 118 Å². The van der Waals surface area contributed by atoms with E-state index in [1.165, 1.54) is 17.8 Å². The molecule has 4 heterocycles. The van der Waals surface area contributed by atoms with E-state index in [0.29, 0.717) is 23.3 Å². The monoisotopic (exact) mass is 477 g/mol. The van der Waals surface area contributed by atoms with E-state index in [-0.39, 0.29) is 5.69 Å². The van der Waals surface area contributed by atoms with Crippen LogP contribution in [-0.4, -0.2) is 29.2 Å². The van der Waals surface area contributed by atoms with E-state index in [4.69, 9.17) is 5.73 Å². The molecule has 0 fully saturated rings. The fourth-order valence-electron chi connectivity index (χ4n) is 3.93. The molecule has 9 heteroatoms. The quantitative estimate of drug-likeness (QED) is 0.274. The molecule has 0 aliphatic carbocycles. The van der Waals surface area contributed by atoms with E-state index in [9.17, 15) is 10.1 Å². The molecule has 0 aliphatic rings. The summed E-state index contributed by atoms with van der Waals surface area (Å²) in [6.45, 7) is 1.43. The van der Waals surface area contributed by atoms with Crippen molar-refractivity contribution in [3.8, 4) is 0 Å². The van der Waals surface area contributed by atoms with Gasteiger partial charge >= 0.3 is 0 Å². The van der Waals surface area contributed by atoms with Crippen LogP contribution in [0.25, 0.3) is 22.1 Å². The van der Waals surface area contributed by atoms with Crippen LogP contribution >= 0.6 is 0 Å². The second kappa shape index (κ2) is 10.1. The van der Waals surface area contributed by atoms with Gasteiger partial charge in [0.2, 0.25) is 0 Å². The number of rotatable bonds is 5. The molecule has 0 spiro atoms. The largest absolute Gasteiger partial charge is 0.397 e. The number of pyridine rings is 2. The van der Waals surface area contributed by atoms with Gasteiger partial charge in [0.15, 0.2) is 5.65 Å². The summed E-state index contributed by atoms with van der Waals surface area (Å²) in [6, 6.07) is 25.7. The van der Waals surface area contributed by atoms with E-state index in [1.807, 2.05) is 66.9 Å². The highest BCUT2D eigenvalue weighted by atomic mass is 16.6. The molecule has 0 atom stereocenters. The summed E-state index contributed by atoms with van der Waals surface area (Å²) in [7, 11) is 0. The van der Waals surface area contributed by atoms with Crippen LogP contribution in [0.15, 0.2) is 104 Å². The van der Waals surface area contributed by atoms with Gasteiger partial charge in [0, 0.05) is 29.6 Å². The van der Waals surface area contributed by atoms with E-state index in [1.54, 1.807) is 17.1 Å². The number of nitro groups is 1. The fourth-order valence-corrected chi connectivity index (χ4v) is 3.93. The number of nitrogen functional groups attached to an aromatic ring is 1. The third-order valence-corrected chi connectivity index (χ3v) is 5.67. The van der Waals surface area contributed by atoms with Crippen molar-refractivity contribution < 1.29 is 4.92 Å².